The number of halogens is 3. The highest BCUT2D eigenvalue weighted by Crippen LogP contribution is 2.45. The van der Waals surface area contributed by atoms with Gasteiger partial charge >= 0.3 is 12.1 Å². The number of rotatable bonds is 6. The molecule has 0 aromatic rings. The van der Waals surface area contributed by atoms with Crippen LogP contribution in [0, 0.1) is 5.41 Å². The molecule has 0 spiro atoms. The van der Waals surface area contributed by atoms with Crippen molar-refractivity contribution in [3.63, 3.8) is 0 Å². The predicted octanol–water partition coefficient (Wildman–Crippen LogP) is 3.25. The lowest BCUT2D eigenvalue weighted by Gasteiger charge is -2.31. The van der Waals surface area contributed by atoms with Crippen LogP contribution >= 0.6 is 0 Å². The van der Waals surface area contributed by atoms with Gasteiger partial charge in [-0.05, 0) is 19.8 Å². The van der Waals surface area contributed by atoms with Gasteiger partial charge < -0.3 is 4.74 Å². The molecular formula is C11H15F3O2. The molecule has 0 unspecified atom stereocenters. The molecule has 0 heterocycles. The number of esters is 1. The highest BCUT2D eigenvalue weighted by atomic mass is 19.4. The number of carbonyl (C=O) groups excluding carboxylic acids is 1. The standard InChI is InChI=1S/C11H15F3O2/c1-4-7-10(8-5-2,11(12,13)14)9(15)16-6-3/h4-5H,1-2,6-8H2,3H3. The number of allylic oxidation sites excluding steroid dienone is 2. The summed E-state index contributed by atoms with van der Waals surface area (Å²) in [6.45, 7) is 7.85. The fourth-order valence-corrected chi connectivity index (χ4v) is 1.36. The lowest BCUT2D eigenvalue weighted by molar-refractivity contribution is -0.233. The minimum absolute atomic E-state index is 0.0923. The van der Waals surface area contributed by atoms with Crippen molar-refractivity contribution >= 4 is 5.97 Å². The van der Waals surface area contributed by atoms with Crippen LogP contribution in [-0.2, 0) is 9.53 Å². The summed E-state index contributed by atoms with van der Waals surface area (Å²) in [4.78, 5) is 11.5. The van der Waals surface area contributed by atoms with Gasteiger partial charge in [-0.15, -0.1) is 13.2 Å². The summed E-state index contributed by atoms with van der Waals surface area (Å²) < 4.78 is 43.3. The van der Waals surface area contributed by atoms with E-state index in [4.69, 9.17) is 0 Å². The van der Waals surface area contributed by atoms with Crippen molar-refractivity contribution in [2.24, 2.45) is 5.41 Å². The maximum Gasteiger partial charge on any atom is 0.405 e. The third kappa shape index (κ3) is 2.87. The Kier molecular flexibility index (Phi) is 5.27. The molecule has 0 saturated carbocycles. The second-order valence-corrected chi connectivity index (χ2v) is 3.29. The lowest BCUT2D eigenvalue weighted by Crippen LogP contribution is -2.45. The second kappa shape index (κ2) is 5.72. The maximum atomic E-state index is 12.9. The molecular weight excluding hydrogens is 221 g/mol. The van der Waals surface area contributed by atoms with Gasteiger partial charge in [0.25, 0.3) is 0 Å². The molecule has 0 aliphatic heterocycles. The molecule has 0 radical (unpaired) electrons. The quantitative estimate of drug-likeness (QED) is 0.522. The van der Waals surface area contributed by atoms with Crippen LogP contribution in [0.25, 0.3) is 0 Å². The number of carbonyl (C=O) groups is 1. The average molecular weight is 236 g/mol. The van der Waals surface area contributed by atoms with E-state index in [-0.39, 0.29) is 6.61 Å². The molecule has 0 aromatic carbocycles. The van der Waals surface area contributed by atoms with Crippen LogP contribution in [-0.4, -0.2) is 18.8 Å². The van der Waals surface area contributed by atoms with Gasteiger partial charge in [-0.25, -0.2) is 0 Å². The fourth-order valence-electron chi connectivity index (χ4n) is 1.36. The zero-order valence-electron chi connectivity index (χ0n) is 9.14. The number of ether oxygens (including phenoxy) is 1. The van der Waals surface area contributed by atoms with Gasteiger partial charge in [-0.2, -0.15) is 13.2 Å². The summed E-state index contributed by atoms with van der Waals surface area (Å²) in [5.41, 5.74) is -2.55. The summed E-state index contributed by atoms with van der Waals surface area (Å²) in [6, 6.07) is 0. The third-order valence-electron chi connectivity index (χ3n) is 2.19. The molecule has 0 N–H and O–H groups in total. The van der Waals surface area contributed by atoms with Gasteiger partial charge in [0.05, 0.1) is 6.61 Å². The Labute approximate surface area is 92.8 Å². The molecule has 0 saturated heterocycles. The van der Waals surface area contributed by atoms with Crippen LogP contribution in [0.2, 0.25) is 0 Å². The first-order valence-corrected chi connectivity index (χ1v) is 4.81. The zero-order valence-corrected chi connectivity index (χ0v) is 9.14. The normalized spacial score (nSPS) is 12.0. The highest BCUT2D eigenvalue weighted by Gasteiger charge is 2.59. The largest absolute Gasteiger partial charge is 0.465 e. The number of hydrogen-bond donors (Lipinski definition) is 0. The van der Waals surface area contributed by atoms with Crippen molar-refractivity contribution in [2.75, 3.05) is 6.61 Å². The zero-order chi connectivity index (χ0) is 12.8. The maximum absolute atomic E-state index is 12.9. The van der Waals surface area contributed by atoms with Crippen LogP contribution in [0.1, 0.15) is 19.8 Å². The average Bonchev–Trinajstić information content (AvgIpc) is 2.15. The van der Waals surface area contributed by atoms with Crippen molar-refractivity contribution in [3.8, 4) is 0 Å². The summed E-state index contributed by atoms with van der Waals surface area (Å²) in [6.07, 6.45) is -3.58. The summed E-state index contributed by atoms with van der Waals surface area (Å²) in [5, 5.41) is 0. The molecule has 0 bridgehead atoms. The predicted molar refractivity (Wildman–Crippen MR) is 54.7 cm³/mol. The van der Waals surface area contributed by atoms with Crippen LogP contribution in [0.3, 0.4) is 0 Å². The lowest BCUT2D eigenvalue weighted by atomic mass is 9.80. The first-order chi connectivity index (χ1) is 7.35. The SMILES string of the molecule is C=CCC(CC=C)(C(=O)OCC)C(F)(F)F. The minimum Gasteiger partial charge on any atom is -0.465 e. The van der Waals surface area contributed by atoms with Crippen molar-refractivity contribution in [1.82, 2.24) is 0 Å². The molecule has 0 amide bonds. The second-order valence-electron chi connectivity index (χ2n) is 3.29. The molecule has 0 aliphatic carbocycles. The van der Waals surface area contributed by atoms with Crippen molar-refractivity contribution in [1.29, 1.82) is 0 Å². The molecule has 92 valence electrons. The molecule has 0 rings (SSSR count). The fraction of sp³-hybridized carbons (Fsp3) is 0.545. The molecule has 0 aliphatic rings. The van der Waals surface area contributed by atoms with Crippen LogP contribution in [0.15, 0.2) is 25.3 Å². The van der Waals surface area contributed by atoms with E-state index >= 15 is 0 Å². The van der Waals surface area contributed by atoms with Gasteiger partial charge in [0, 0.05) is 0 Å². The number of alkyl halides is 3. The third-order valence-corrected chi connectivity index (χ3v) is 2.19. The van der Waals surface area contributed by atoms with Gasteiger partial charge in [0.15, 0.2) is 5.41 Å². The van der Waals surface area contributed by atoms with Crippen molar-refractivity contribution in [3.05, 3.63) is 25.3 Å². The molecule has 0 atom stereocenters. The van der Waals surface area contributed by atoms with E-state index in [2.05, 4.69) is 17.9 Å². The van der Waals surface area contributed by atoms with E-state index in [0.29, 0.717) is 0 Å². The van der Waals surface area contributed by atoms with Crippen LogP contribution in [0.4, 0.5) is 13.2 Å². The Morgan fingerprint density at radius 1 is 1.25 bits per heavy atom. The minimum atomic E-state index is -4.68. The van der Waals surface area contributed by atoms with Gasteiger partial charge in [-0.3, -0.25) is 4.79 Å². The first-order valence-electron chi connectivity index (χ1n) is 4.81. The molecule has 0 fully saturated rings. The van der Waals surface area contributed by atoms with Gasteiger partial charge in [0.2, 0.25) is 0 Å². The highest BCUT2D eigenvalue weighted by molar-refractivity contribution is 5.78. The topological polar surface area (TPSA) is 26.3 Å². The van der Waals surface area contributed by atoms with Crippen molar-refractivity contribution in [2.45, 2.75) is 25.9 Å². The Morgan fingerprint density at radius 3 is 1.94 bits per heavy atom. The molecule has 5 heteroatoms. The smallest absolute Gasteiger partial charge is 0.405 e. The monoisotopic (exact) mass is 236 g/mol. The molecule has 16 heavy (non-hydrogen) atoms. The van der Waals surface area contributed by atoms with Crippen LogP contribution < -0.4 is 0 Å². The van der Waals surface area contributed by atoms with E-state index in [9.17, 15) is 18.0 Å². The van der Waals surface area contributed by atoms with E-state index < -0.39 is 30.4 Å². The molecule has 2 nitrogen and oxygen atoms in total. The Balaban J connectivity index is 5.32. The number of hydrogen-bond acceptors (Lipinski definition) is 2. The Hall–Kier alpha value is -1.26. The van der Waals surface area contributed by atoms with E-state index in [1.807, 2.05) is 0 Å². The first kappa shape index (κ1) is 14.7. The van der Waals surface area contributed by atoms with Crippen LogP contribution in [0.5, 0.6) is 0 Å². The van der Waals surface area contributed by atoms with Gasteiger partial charge in [-0.1, -0.05) is 12.2 Å². The summed E-state index contributed by atoms with van der Waals surface area (Å²) in [7, 11) is 0. The van der Waals surface area contributed by atoms with Crippen molar-refractivity contribution < 1.29 is 22.7 Å². The van der Waals surface area contributed by atoms with E-state index in [1.54, 1.807) is 0 Å². The summed E-state index contributed by atoms with van der Waals surface area (Å²) >= 11 is 0. The Morgan fingerprint density at radius 2 is 1.69 bits per heavy atom. The van der Waals surface area contributed by atoms with Gasteiger partial charge in [0.1, 0.15) is 0 Å². The van der Waals surface area contributed by atoms with E-state index in [1.165, 1.54) is 6.92 Å². The Bertz CT molecular complexity index is 259. The summed E-state index contributed by atoms with van der Waals surface area (Å²) in [5.74, 6) is -1.28. The molecule has 0 aromatic heterocycles. The van der Waals surface area contributed by atoms with E-state index in [0.717, 1.165) is 12.2 Å².